The van der Waals surface area contributed by atoms with Crippen LogP contribution in [0.3, 0.4) is 0 Å². The van der Waals surface area contributed by atoms with Crippen LogP contribution >= 0.6 is 0 Å². The Balaban J connectivity index is 2.06. The molecule has 5 nitrogen and oxygen atoms in total. The number of rotatable bonds is 5. The number of hydrogen-bond donors (Lipinski definition) is 1. The molecule has 10 heteroatoms. The molecule has 0 heterocycles. The predicted octanol–water partition coefficient (Wildman–Crippen LogP) is 4.16. The van der Waals surface area contributed by atoms with E-state index in [1.807, 2.05) is 0 Å². The van der Waals surface area contributed by atoms with Gasteiger partial charge in [-0.25, -0.2) is 12.8 Å². The minimum atomic E-state index is -4.97. The van der Waals surface area contributed by atoms with E-state index >= 15 is 0 Å². The molecule has 0 bridgehead atoms. The van der Waals surface area contributed by atoms with Gasteiger partial charge < -0.3 is 9.84 Å². The average molecular weight is 446 g/mol. The lowest BCUT2D eigenvalue weighted by atomic mass is 10.0. The van der Waals surface area contributed by atoms with Crippen molar-refractivity contribution in [3.05, 3.63) is 53.8 Å². The van der Waals surface area contributed by atoms with Gasteiger partial charge in [-0.05, 0) is 48.2 Å². The van der Waals surface area contributed by atoms with Crippen molar-refractivity contribution in [2.24, 2.45) is 5.92 Å². The molecule has 1 aliphatic rings. The summed E-state index contributed by atoms with van der Waals surface area (Å²) in [6.45, 7) is 0. The second kappa shape index (κ2) is 7.99. The van der Waals surface area contributed by atoms with Crippen LogP contribution in [0.25, 0.3) is 11.1 Å². The third-order valence-corrected chi connectivity index (χ3v) is 7.52. The number of benzene rings is 2. The Morgan fingerprint density at radius 1 is 1.07 bits per heavy atom. The van der Waals surface area contributed by atoms with Gasteiger partial charge in [0.1, 0.15) is 5.82 Å². The summed E-state index contributed by atoms with van der Waals surface area (Å²) < 4.78 is 85.4. The average Bonchev–Trinajstić information content (AvgIpc) is 3.13. The Bertz CT molecular complexity index is 1050. The summed E-state index contributed by atoms with van der Waals surface area (Å²) in [4.78, 5) is 10.4. The first-order valence-corrected chi connectivity index (χ1v) is 10.5. The molecule has 0 saturated heterocycles. The molecule has 3 atom stereocenters. The van der Waals surface area contributed by atoms with Gasteiger partial charge in [0.15, 0.2) is 9.84 Å². The molecule has 0 spiro atoms. The largest absolute Gasteiger partial charge is 0.481 e. The third kappa shape index (κ3) is 4.20. The molecule has 1 N–H and O–H groups in total. The van der Waals surface area contributed by atoms with Crippen molar-refractivity contribution in [3.63, 3.8) is 0 Å². The van der Waals surface area contributed by atoms with Gasteiger partial charge >= 0.3 is 12.1 Å². The minimum Gasteiger partial charge on any atom is -0.481 e. The molecule has 0 radical (unpaired) electrons. The van der Waals surface area contributed by atoms with E-state index in [1.54, 1.807) is 0 Å². The van der Waals surface area contributed by atoms with E-state index in [-0.39, 0.29) is 24.0 Å². The number of alkyl halides is 3. The van der Waals surface area contributed by atoms with Crippen molar-refractivity contribution in [1.29, 1.82) is 0 Å². The van der Waals surface area contributed by atoms with Crippen molar-refractivity contribution in [3.8, 4) is 11.1 Å². The molecule has 1 saturated carbocycles. The highest BCUT2D eigenvalue weighted by Gasteiger charge is 2.47. The number of carboxylic acid groups (broad SMARTS) is 1. The van der Waals surface area contributed by atoms with Gasteiger partial charge in [0.05, 0.1) is 27.7 Å². The van der Waals surface area contributed by atoms with Gasteiger partial charge in [-0.15, -0.1) is 0 Å². The summed E-state index contributed by atoms with van der Waals surface area (Å²) in [6.07, 6.45) is -6.43. The smallest absolute Gasteiger partial charge is 0.417 e. The first kappa shape index (κ1) is 22.2. The Kier molecular flexibility index (Phi) is 5.92. The third-order valence-electron chi connectivity index (χ3n) is 5.29. The molecule has 3 rings (SSSR count). The highest BCUT2D eigenvalue weighted by Crippen LogP contribution is 2.42. The van der Waals surface area contributed by atoms with E-state index < -0.39 is 55.5 Å². The molecule has 162 valence electrons. The molecule has 1 fully saturated rings. The van der Waals surface area contributed by atoms with E-state index in [0.29, 0.717) is 6.07 Å². The van der Waals surface area contributed by atoms with Crippen LogP contribution in [0.2, 0.25) is 0 Å². The minimum absolute atomic E-state index is 0.0749. The van der Waals surface area contributed by atoms with Crippen LogP contribution in [-0.4, -0.2) is 38.0 Å². The fourth-order valence-electron chi connectivity index (χ4n) is 3.73. The lowest BCUT2D eigenvalue weighted by Gasteiger charge is -2.18. The molecular formula is C20H18F4O5S. The number of carbonyl (C=O) groups is 1. The highest BCUT2D eigenvalue weighted by atomic mass is 32.2. The fourth-order valence-corrected chi connectivity index (χ4v) is 5.73. The van der Waals surface area contributed by atoms with Gasteiger partial charge in [0.2, 0.25) is 0 Å². The molecular weight excluding hydrogens is 428 g/mol. The second-order valence-electron chi connectivity index (χ2n) is 7.07. The van der Waals surface area contributed by atoms with E-state index in [1.165, 1.54) is 25.3 Å². The monoisotopic (exact) mass is 446 g/mol. The molecule has 2 aromatic rings. The van der Waals surface area contributed by atoms with Gasteiger partial charge in [-0.2, -0.15) is 13.2 Å². The number of ether oxygens (including phenoxy) is 1. The maximum Gasteiger partial charge on any atom is 0.417 e. The first-order valence-electron chi connectivity index (χ1n) is 8.92. The van der Waals surface area contributed by atoms with E-state index in [9.17, 15) is 35.9 Å². The zero-order valence-corrected chi connectivity index (χ0v) is 16.5. The summed E-state index contributed by atoms with van der Waals surface area (Å²) in [6, 6.07) is 7.54. The summed E-state index contributed by atoms with van der Waals surface area (Å²) in [5.74, 6) is -2.94. The van der Waals surface area contributed by atoms with Crippen molar-refractivity contribution in [1.82, 2.24) is 0 Å². The van der Waals surface area contributed by atoms with Crippen LogP contribution in [0, 0.1) is 11.7 Å². The molecule has 30 heavy (non-hydrogen) atoms. The Hall–Kier alpha value is -2.46. The van der Waals surface area contributed by atoms with Crippen LogP contribution in [0.15, 0.2) is 47.4 Å². The van der Waals surface area contributed by atoms with E-state index in [4.69, 9.17) is 4.74 Å². The topological polar surface area (TPSA) is 80.7 Å². The highest BCUT2D eigenvalue weighted by molar-refractivity contribution is 7.92. The second-order valence-corrected chi connectivity index (χ2v) is 9.27. The summed E-state index contributed by atoms with van der Waals surface area (Å²) >= 11 is 0. The number of halogens is 4. The lowest BCUT2D eigenvalue weighted by Crippen LogP contribution is -2.24. The maximum atomic E-state index is 13.7. The van der Waals surface area contributed by atoms with Crippen LogP contribution in [0.4, 0.5) is 17.6 Å². The van der Waals surface area contributed by atoms with Crippen molar-refractivity contribution in [2.45, 2.75) is 35.3 Å². The molecule has 0 amide bonds. The zero-order chi connectivity index (χ0) is 22.3. The molecule has 0 aliphatic heterocycles. The fraction of sp³-hybridized carbons (Fsp3) is 0.350. The molecule has 2 aromatic carbocycles. The number of methoxy groups -OCH3 is 1. The molecule has 0 aromatic heterocycles. The first-order chi connectivity index (χ1) is 13.9. The predicted molar refractivity (Wildman–Crippen MR) is 99.0 cm³/mol. The Morgan fingerprint density at radius 3 is 2.17 bits per heavy atom. The number of hydrogen-bond acceptors (Lipinski definition) is 4. The zero-order valence-electron chi connectivity index (χ0n) is 15.7. The van der Waals surface area contributed by atoms with Gasteiger partial charge in [0.25, 0.3) is 0 Å². The Morgan fingerprint density at radius 2 is 1.67 bits per heavy atom. The Labute approximate surface area is 170 Å². The molecule has 0 unspecified atom stereocenters. The van der Waals surface area contributed by atoms with Crippen molar-refractivity contribution >= 4 is 15.8 Å². The van der Waals surface area contributed by atoms with E-state index in [2.05, 4.69) is 0 Å². The number of aliphatic carboxylic acids is 1. The van der Waals surface area contributed by atoms with Gasteiger partial charge in [0, 0.05) is 7.11 Å². The number of carboxylic acids is 1. The van der Waals surface area contributed by atoms with E-state index in [0.717, 1.165) is 18.2 Å². The van der Waals surface area contributed by atoms with Crippen LogP contribution < -0.4 is 0 Å². The van der Waals surface area contributed by atoms with Crippen LogP contribution in [-0.2, 0) is 25.5 Å². The van der Waals surface area contributed by atoms with Crippen molar-refractivity contribution in [2.75, 3.05) is 7.11 Å². The van der Waals surface area contributed by atoms with Crippen LogP contribution in [0.1, 0.15) is 18.4 Å². The summed E-state index contributed by atoms with van der Waals surface area (Å²) in [7, 11) is -3.26. The van der Waals surface area contributed by atoms with Crippen molar-refractivity contribution < 1.29 is 40.6 Å². The maximum absolute atomic E-state index is 13.7. The summed E-state index contributed by atoms with van der Waals surface area (Å²) in [5.41, 5.74) is -0.986. The standard InChI is InChI=1S/C20H18F4O5S/c1-29-17-10-14(9-15(17)19(25)26)30(27,28)18-7-4-12(8-16(18)20(22,23)24)11-2-5-13(21)6-3-11/h2-8,14-15,17H,9-10H2,1H3,(H,25,26)/t14-,15-,17-/m0/s1. The van der Waals surface area contributed by atoms with Crippen LogP contribution in [0.5, 0.6) is 0 Å². The van der Waals surface area contributed by atoms with Gasteiger partial charge in [-0.3, -0.25) is 4.79 Å². The number of sulfone groups is 1. The van der Waals surface area contributed by atoms with Gasteiger partial charge in [-0.1, -0.05) is 18.2 Å². The normalized spacial score (nSPS) is 22.2. The summed E-state index contributed by atoms with van der Waals surface area (Å²) in [5, 5.41) is 7.93. The molecule has 1 aliphatic carbocycles. The quantitative estimate of drug-likeness (QED) is 0.698. The SMILES string of the molecule is CO[C@H]1C[C@@H](S(=O)(=O)c2ccc(-c3ccc(F)cc3)cc2C(F)(F)F)C[C@@H]1C(=O)O. The lowest BCUT2D eigenvalue weighted by molar-refractivity contribution is -0.145.